The largest absolute Gasteiger partial charge is 0.443 e. The summed E-state index contributed by atoms with van der Waals surface area (Å²) in [6.07, 6.45) is 0.787. The van der Waals surface area contributed by atoms with E-state index in [0.29, 0.717) is 16.3 Å². The zero-order valence-electron chi connectivity index (χ0n) is 15.0. The van der Waals surface area contributed by atoms with Crippen molar-refractivity contribution in [2.24, 2.45) is 5.10 Å². The highest BCUT2D eigenvalue weighted by Crippen LogP contribution is 2.23. The van der Waals surface area contributed by atoms with Crippen LogP contribution in [0, 0.1) is 0 Å². The molecule has 8 heteroatoms. The van der Waals surface area contributed by atoms with Crippen molar-refractivity contribution in [2.45, 2.75) is 26.4 Å². The summed E-state index contributed by atoms with van der Waals surface area (Å²) in [5.41, 5.74) is 2.57. The van der Waals surface area contributed by atoms with Gasteiger partial charge in [0, 0.05) is 5.02 Å². The molecule has 0 saturated carbocycles. The highest BCUT2D eigenvalue weighted by Gasteiger charge is 2.15. The van der Waals surface area contributed by atoms with Crippen molar-refractivity contribution in [1.29, 1.82) is 0 Å². The van der Waals surface area contributed by atoms with Crippen LogP contribution in [0.4, 0.5) is 4.79 Å². The fourth-order valence-electron chi connectivity index (χ4n) is 1.90. The summed E-state index contributed by atoms with van der Waals surface area (Å²) in [6, 6.07) is 11.1. The third-order valence-electron chi connectivity index (χ3n) is 3.01. The van der Waals surface area contributed by atoms with Crippen molar-refractivity contribution in [3.63, 3.8) is 0 Å². The van der Waals surface area contributed by atoms with Crippen LogP contribution in [0.2, 0.25) is 10.0 Å². The number of esters is 1. The van der Waals surface area contributed by atoms with Gasteiger partial charge in [-0.25, -0.2) is 15.0 Å². The van der Waals surface area contributed by atoms with Crippen LogP contribution in [0.25, 0.3) is 0 Å². The first kappa shape index (κ1) is 20.7. The molecule has 1 N–H and O–H groups in total. The number of rotatable bonds is 4. The fourth-order valence-corrected chi connectivity index (χ4v) is 2.39. The van der Waals surface area contributed by atoms with Crippen molar-refractivity contribution in [3.05, 3.63) is 63.6 Å². The Labute approximate surface area is 167 Å². The first-order chi connectivity index (χ1) is 12.6. The molecule has 0 radical (unpaired) electrons. The van der Waals surface area contributed by atoms with Gasteiger partial charge in [0.25, 0.3) is 0 Å². The number of hydrogen-bond donors (Lipinski definition) is 1. The van der Waals surface area contributed by atoms with E-state index < -0.39 is 17.7 Å². The van der Waals surface area contributed by atoms with E-state index >= 15 is 0 Å². The molecule has 0 fully saturated rings. The molecule has 142 valence electrons. The van der Waals surface area contributed by atoms with Crippen LogP contribution in [-0.2, 0) is 4.74 Å². The summed E-state index contributed by atoms with van der Waals surface area (Å²) in [5, 5.41) is 4.44. The van der Waals surface area contributed by atoms with Crippen molar-refractivity contribution in [2.75, 3.05) is 0 Å². The van der Waals surface area contributed by atoms with E-state index in [1.165, 1.54) is 18.3 Å². The summed E-state index contributed by atoms with van der Waals surface area (Å²) >= 11 is 11.8. The Morgan fingerprint density at radius 2 is 1.74 bits per heavy atom. The minimum Gasteiger partial charge on any atom is -0.443 e. The van der Waals surface area contributed by atoms with Gasteiger partial charge in [-0.3, -0.25) is 0 Å². The van der Waals surface area contributed by atoms with Crippen LogP contribution < -0.4 is 10.2 Å². The molecule has 0 aromatic heterocycles. The molecule has 2 rings (SSSR count). The topological polar surface area (TPSA) is 77.0 Å². The SMILES string of the molecule is CC(C)(C)OC(=O)N/N=C\c1ccc(OC(=O)c2ccc(Cl)cc2Cl)cc1. The van der Waals surface area contributed by atoms with Crippen molar-refractivity contribution >= 4 is 41.5 Å². The molecule has 0 spiro atoms. The molecule has 0 heterocycles. The van der Waals surface area contributed by atoms with Gasteiger partial charge in [-0.15, -0.1) is 0 Å². The molecule has 1 amide bonds. The second kappa shape index (κ2) is 8.88. The van der Waals surface area contributed by atoms with Gasteiger partial charge in [0.2, 0.25) is 0 Å². The minimum atomic E-state index is -0.649. The maximum absolute atomic E-state index is 12.2. The number of benzene rings is 2. The molecule has 6 nitrogen and oxygen atoms in total. The van der Waals surface area contributed by atoms with Gasteiger partial charge in [0.05, 0.1) is 16.8 Å². The molecule has 27 heavy (non-hydrogen) atoms. The smallest absolute Gasteiger partial charge is 0.428 e. The average molecular weight is 409 g/mol. The third kappa shape index (κ3) is 6.92. The molecule has 0 aliphatic rings. The van der Waals surface area contributed by atoms with Crippen molar-refractivity contribution in [1.82, 2.24) is 5.43 Å². The minimum absolute atomic E-state index is 0.212. The molecule has 0 aliphatic carbocycles. The lowest BCUT2D eigenvalue weighted by Gasteiger charge is -2.18. The van der Waals surface area contributed by atoms with Gasteiger partial charge < -0.3 is 9.47 Å². The van der Waals surface area contributed by atoms with E-state index in [2.05, 4.69) is 10.5 Å². The Bertz CT molecular complexity index is 859. The monoisotopic (exact) mass is 408 g/mol. The molecule has 0 bridgehead atoms. The number of nitrogens with one attached hydrogen (secondary N) is 1. The quantitative estimate of drug-likeness (QED) is 0.331. The maximum atomic E-state index is 12.2. The van der Waals surface area contributed by atoms with Crippen molar-refractivity contribution < 1.29 is 19.1 Å². The maximum Gasteiger partial charge on any atom is 0.428 e. The standard InChI is InChI=1S/C19H18Cl2N2O4/c1-19(2,3)27-18(25)23-22-11-12-4-7-14(8-5-12)26-17(24)15-9-6-13(20)10-16(15)21/h4-11H,1-3H3,(H,23,25)/b22-11-. The van der Waals surface area contributed by atoms with Gasteiger partial charge >= 0.3 is 12.1 Å². The van der Waals surface area contributed by atoms with Gasteiger partial charge in [-0.05, 0) is 68.8 Å². The number of carbonyl (C=O) groups is 2. The van der Waals surface area contributed by atoms with E-state index in [0.717, 1.165) is 0 Å². The fraction of sp³-hybridized carbons (Fsp3) is 0.211. The van der Waals surface area contributed by atoms with Crippen molar-refractivity contribution in [3.8, 4) is 5.75 Å². The van der Waals surface area contributed by atoms with E-state index in [4.69, 9.17) is 32.7 Å². The number of hydrogen-bond acceptors (Lipinski definition) is 5. The zero-order valence-corrected chi connectivity index (χ0v) is 16.5. The second-order valence-corrected chi connectivity index (χ2v) is 7.30. The first-order valence-electron chi connectivity index (χ1n) is 7.93. The van der Waals surface area contributed by atoms with Gasteiger partial charge in [-0.2, -0.15) is 5.10 Å². The highest BCUT2D eigenvalue weighted by atomic mass is 35.5. The summed E-state index contributed by atoms with van der Waals surface area (Å²) in [7, 11) is 0. The van der Waals surface area contributed by atoms with E-state index in [1.807, 2.05) is 0 Å². The summed E-state index contributed by atoms with van der Waals surface area (Å²) in [4.78, 5) is 23.6. The van der Waals surface area contributed by atoms with Gasteiger partial charge in [0.15, 0.2) is 0 Å². The molecular weight excluding hydrogens is 391 g/mol. The molecule has 0 atom stereocenters. The Kier molecular flexibility index (Phi) is 6.82. The number of carbonyl (C=O) groups excluding carboxylic acids is 2. The van der Waals surface area contributed by atoms with Crippen LogP contribution in [0.5, 0.6) is 5.75 Å². The number of nitrogens with zero attached hydrogens (tertiary/aromatic N) is 1. The summed E-state index contributed by atoms with van der Waals surface area (Å²) < 4.78 is 10.3. The Balaban J connectivity index is 1.94. The first-order valence-corrected chi connectivity index (χ1v) is 8.69. The predicted molar refractivity (Wildman–Crippen MR) is 105 cm³/mol. The highest BCUT2D eigenvalue weighted by molar-refractivity contribution is 6.36. The normalized spacial score (nSPS) is 11.3. The summed E-state index contributed by atoms with van der Waals surface area (Å²) in [5.74, 6) is -0.257. The molecule has 0 aliphatic heterocycles. The number of halogens is 2. The number of amides is 1. The third-order valence-corrected chi connectivity index (χ3v) is 3.56. The van der Waals surface area contributed by atoms with Gasteiger partial charge in [0.1, 0.15) is 11.4 Å². The lowest BCUT2D eigenvalue weighted by Crippen LogP contribution is -2.29. The van der Waals surface area contributed by atoms with Crippen LogP contribution in [0.3, 0.4) is 0 Å². The Hall–Kier alpha value is -2.57. The van der Waals surface area contributed by atoms with E-state index in [-0.39, 0.29) is 10.6 Å². The Morgan fingerprint density at radius 3 is 2.33 bits per heavy atom. The predicted octanol–water partition coefficient (Wildman–Crippen LogP) is 5.07. The average Bonchev–Trinajstić information content (AvgIpc) is 2.54. The molecule has 0 saturated heterocycles. The number of hydrazone groups is 1. The molecule has 2 aromatic rings. The zero-order chi connectivity index (χ0) is 20.0. The second-order valence-electron chi connectivity index (χ2n) is 6.45. The van der Waals surface area contributed by atoms with E-state index in [1.54, 1.807) is 51.1 Å². The lowest BCUT2D eigenvalue weighted by atomic mass is 10.2. The lowest BCUT2D eigenvalue weighted by molar-refractivity contribution is 0.0529. The van der Waals surface area contributed by atoms with E-state index in [9.17, 15) is 9.59 Å². The summed E-state index contributed by atoms with van der Waals surface area (Å²) in [6.45, 7) is 5.27. The molecular formula is C19H18Cl2N2O4. The van der Waals surface area contributed by atoms with Crippen LogP contribution >= 0.6 is 23.2 Å². The molecule has 0 unspecified atom stereocenters. The molecule has 2 aromatic carbocycles. The number of ether oxygens (including phenoxy) is 2. The van der Waals surface area contributed by atoms with Crippen LogP contribution in [0.1, 0.15) is 36.7 Å². The Morgan fingerprint density at radius 1 is 1.07 bits per heavy atom. The van der Waals surface area contributed by atoms with Crippen LogP contribution in [-0.4, -0.2) is 23.9 Å². The van der Waals surface area contributed by atoms with Crippen LogP contribution in [0.15, 0.2) is 47.6 Å². The van der Waals surface area contributed by atoms with Gasteiger partial charge in [-0.1, -0.05) is 23.2 Å².